The molecule has 20 heavy (non-hydrogen) atoms. The Morgan fingerprint density at radius 1 is 1.30 bits per heavy atom. The molecular formula is C14H13BrN4O. The van der Waals surface area contributed by atoms with Crippen LogP contribution in [0.3, 0.4) is 0 Å². The topological polar surface area (TPSA) is 66.9 Å². The standard InChI is InChI=1S/C14H13BrN4O/c1-2-8-16-14(20)12-6-7-13(19-18-12)17-11-5-3-4-10(15)9-11/h2-7,9H,1,8H2,(H,16,20)(H,17,19). The van der Waals surface area contributed by atoms with Crippen LogP contribution < -0.4 is 10.6 Å². The van der Waals surface area contributed by atoms with Crippen LogP contribution in [0.5, 0.6) is 0 Å². The van der Waals surface area contributed by atoms with Crippen molar-refractivity contribution in [1.82, 2.24) is 15.5 Å². The molecule has 0 radical (unpaired) electrons. The largest absolute Gasteiger partial charge is 0.347 e. The molecule has 0 aliphatic rings. The second-order valence-corrected chi connectivity index (χ2v) is 4.85. The first-order chi connectivity index (χ1) is 9.69. The third-order valence-electron chi connectivity index (χ3n) is 2.40. The fourth-order valence-corrected chi connectivity index (χ4v) is 1.89. The van der Waals surface area contributed by atoms with Gasteiger partial charge in [-0.1, -0.05) is 28.1 Å². The molecule has 5 nitrogen and oxygen atoms in total. The highest BCUT2D eigenvalue weighted by Crippen LogP contribution is 2.18. The van der Waals surface area contributed by atoms with E-state index in [4.69, 9.17) is 0 Å². The molecule has 0 bridgehead atoms. The van der Waals surface area contributed by atoms with Crippen molar-refractivity contribution in [1.29, 1.82) is 0 Å². The van der Waals surface area contributed by atoms with Crippen molar-refractivity contribution < 1.29 is 4.79 Å². The number of benzene rings is 1. The number of rotatable bonds is 5. The summed E-state index contributed by atoms with van der Waals surface area (Å²) in [6, 6.07) is 11.0. The Balaban J connectivity index is 2.04. The Morgan fingerprint density at radius 3 is 2.80 bits per heavy atom. The molecule has 2 aromatic rings. The van der Waals surface area contributed by atoms with Crippen LogP contribution in [0.2, 0.25) is 0 Å². The van der Waals surface area contributed by atoms with Gasteiger partial charge in [0.15, 0.2) is 11.5 Å². The summed E-state index contributed by atoms with van der Waals surface area (Å²) in [6.07, 6.45) is 1.61. The van der Waals surface area contributed by atoms with Gasteiger partial charge in [-0.2, -0.15) is 0 Å². The zero-order valence-corrected chi connectivity index (χ0v) is 12.2. The van der Waals surface area contributed by atoms with Gasteiger partial charge in [0.1, 0.15) is 0 Å². The second kappa shape index (κ2) is 6.81. The summed E-state index contributed by atoms with van der Waals surface area (Å²) in [4.78, 5) is 11.6. The zero-order valence-electron chi connectivity index (χ0n) is 10.6. The van der Waals surface area contributed by atoms with E-state index in [9.17, 15) is 4.79 Å². The number of carbonyl (C=O) groups is 1. The lowest BCUT2D eigenvalue weighted by atomic mass is 10.3. The van der Waals surface area contributed by atoms with Gasteiger partial charge in [-0.25, -0.2) is 0 Å². The minimum atomic E-state index is -0.272. The van der Waals surface area contributed by atoms with Crippen LogP contribution in [-0.2, 0) is 0 Å². The van der Waals surface area contributed by atoms with Gasteiger partial charge >= 0.3 is 0 Å². The first-order valence-corrected chi connectivity index (χ1v) is 6.74. The van der Waals surface area contributed by atoms with Gasteiger partial charge in [0.05, 0.1) is 0 Å². The van der Waals surface area contributed by atoms with Crippen molar-refractivity contribution in [3.63, 3.8) is 0 Å². The molecule has 1 heterocycles. The molecule has 0 spiro atoms. The maximum atomic E-state index is 11.6. The van der Waals surface area contributed by atoms with E-state index in [2.05, 4.69) is 43.3 Å². The Labute approximate surface area is 125 Å². The van der Waals surface area contributed by atoms with Crippen molar-refractivity contribution in [3.05, 3.63) is 59.2 Å². The van der Waals surface area contributed by atoms with Crippen LogP contribution in [-0.4, -0.2) is 22.6 Å². The number of nitrogens with zero attached hydrogens (tertiary/aromatic N) is 2. The summed E-state index contributed by atoms with van der Waals surface area (Å²) in [5.74, 6) is 0.301. The number of amides is 1. The third kappa shape index (κ3) is 3.89. The van der Waals surface area contributed by atoms with E-state index in [-0.39, 0.29) is 11.6 Å². The monoisotopic (exact) mass is 332 g/mol. The van der Waals surface area contributed by atoms with E-state index in [0.29, 0.717) is 12.4 Å². The van der Waals surface area contributed by atoms with Crippen LogP contribution in [0.25, 0.3) is 0 Å². The SMILES string of the molecule is C=CCNC(=O)c1ccc(Nc2cccc(Br)c2)nn1. The molecule has 6 heteroatoms. The minimum Gasteiger partial charge on any atom is -0.347 e. The molecule has 0 aliphatic carbocycles. The maximum absolute atomic E-state index is 11.6. The Morgan fingerprint density at radius 2 is 2.15 bits per heavy atom. The van der Waals surface area contributed by atoms with Crippen molar-refractivity contribution in [2.45, 2.75) is 0 Å². The van der Waals surface area contributed by atoms with E-state index in [1.165, 1.54) is 0 Å². The van der Waals surface area contributed by atoms with Gasteiger partial charge in [-0.3, -0.25) is 4.79 Å². The van der Waals surface area contributed by atoms with Gasteiger partial charge < -0.3 is 10.6 Å². The molecule has 0 atom stereocenters. The zero-order chi connectivity index (χ0) is 14.4. The van der Waals surface area contributed by atoms with Gasteiger partial charge in [0.25, 0.3) is 5.91 Å². The lowest BCUT2D eigenvalue weighted by Crippen LogP contribution is -2.24. The number of halogens is 1. The van der Waals surface area contributed by atoms with Gasteiger partial charge in [0, 0.05) is 16.7 Å². The summed E-state index contributed by atoms with van der Waals surface area (Å²) in [7, 11) is 0. The minimum absolute atomic E-state index is 0.270. The molecule has 0 unspecified atom stereocenters. The van der Waals surface area contributed by atoms with Crippen LogP contribution in [0, 0.1) is 0 Å². The lowest BCUT2D eigenvalue weighted by Gasteiger charge is -2.06. The first kappa shape index (κ1) is 14.2. The summed E-state index contributed by atoms with van der Waals surface area (Å²) < 4.78 is 0.968. The molecule has 2 rings (SSSR count). The first-order valence-electron chi connectivity index (χ1n) is 5.94. The summed E-state index contributed by atoms with van der Waals surface area (Å²) in [5.41, 5.74) is 1.16. The fourth-order valence-electron chi connectivity index (χ4n) is 1.49. The van der Waals surface area contributed by atoms with E-state index in [1.807, 2.05) is 24.3 Å². The molecule has 0 saturated heterocycles. The van der Waals surface area contributed by atoms with E-state index < -0.39 is 0 Å². The van der Waals surface area contributed by atoms with Gasteiger partial charge in [-0.15, -0.1) is 16.8 Å². The molecule has 0 saturated carbocycles. The molecule has 1 aromatic heterocycles. The van der Waals surface area contributed by atoms with Crippen LogP contribution >= 0.6 is 15.9 Å². The number of nitrogens with one attached hydrogen (secondary N) is 2. The molecular weight excluding hydrogens is 320 g/mol. The Bertz CT molecular complexity index is 613. The van der Waals surface area contributed by atoms with Crippen molar-refractivity contribution in [3.8, 4) is 0 Å². The molecule has 0 fully saturated rings. The molecule has 1 amide bonds. The molecule has 2 N–H and O–H groups in total. The van der Waals surface area contributed by atoms with Crippen molar-refractivity contribution in [2.24, 2.45) is 0 Å². The van der Waals surface area contributed by atoms with E-state index >= 15 is 0 Å². The summed E-state index contributed by atoms with van der Waals surface area (Å²) >= 11 is 3.39. The molecule has 0 aliphatic heterocycles. The maximum Gasteiger partial charge on any atom is 0.272 e. The van der Waals surface area contributed by atoms with Crippen molar-refractivity contribution in [2.75, 3.05) is 11.9 Å². The number of hydrogen-bond acceptors (Lipinski definition) is 4. The normalized spacial score (nSPS) is 9.85. The molecule has 102 valence electrons. The predicted octanol–water partition coefficient (Wildman–Crippen LogP) is 2.90. The summed E-state index contributed by atoms with van der Waals surface area (Å²) in [5, 5.41) is 13.6. The van der Waals surface area contributed by atoms with E-state index in [0.717, 1.165) is 10.2 Å². The van der Waals surface area contributed by atoms with E-state index in [1.54, 1.807) is 18.2 Å². The highest BCUT2D eigenvalue weighted by Gasteiger charge is 2.06. The van der Waals surface area contributed by atoms with Crippen LogP contribution in [0.4, 0.5) is 11.5 Å². The molecule has 1 aromatic carbocycles. The quantitative estimate of drug-likeness (QED) is 0.826. The van der Waals surface area contributed by atoms with Crippen LogP contribution in [0.15, 0.2) is 53.5 Å². The lowest BCUT2D eigenvalue weighted by molar-refractivity contribution is 0.0952. The van der Waals surface area contributed by atoms with Crippen LogP contribution in [0.1, 0.15) is 10.5 Å². The second-order valence-electron chi connectivity index (χ2n) is 3.94. The van der Waals surface area contributed by atoms with Crippen molar-refractivity contribution >= 4 is 33.3 Å². The predicted molar refractivity (Wildman–Crippen MR) is 82.0 cm³/mol. The number of carbonyl (C=O) groups excluding carboxylic acids is 1. The average molecular weight is 333 g/mol. The third-order valence-corrected chi connectivity index (χ3v) is 2.89. The summed E-state index contributed by atoms with van der Waals surface area (Å²) in [6.45, 7) is 3.93. The number of anilines is 2. The number of aromatic nitrogens is 2. The van der Waals surface area contributed by atoms with Gasteiger partial charge in [0.2, 0.25) is 0 Å². The number of hydrogen-bond donors (Lipinski definition) is 2. The Kier molecular flexibility index (Phi) is 4.84. The highest BCUT2D eigenvalue weighted by atomic mass is 79.9. The Hall–Kier alpha value is -2.21. The smallest absolute Gasteiger partial charge is 0.272 e. The highest BCUT2D eigenvalue weighted by molar-refractivity contribution is 9.10. The average Bonchev–Trinajstić information content (AvgIpc) is 2.45. The fraction of sp³-hybridized carbons (Fsp3) is 0.0714. The van der Waals surface area contributed by atoms with Gasteiger partial charge in [-0.05, 0) is 30.3 Å².